The number of carbonyl (C=O) groups is 3. The minimum Gasteiger partial charge on any atom is -0.480 e. The molecule has 0 aliphatic rings. The highest BCUT2D eigenvalue weighted by molar-refractivity contribution is 7.07. The van der Waals surface area contributed by atoms with Gasteiger partial charge in [0, 0.05) is 20.0 Å². The number of aliphatic carboxylic acids is 1. The Bertz CT molecular complexity index is 489. The summed E-state index contributed by atoms with van der Waals surface area (Å²) >= 11 is 1.52. The number of carboxylic acid groups (broad SMARTS) is 1. The number of hydrogen-bond donors (Lipinski definition) is 2. The number of carboxylic acids is 1. The molecule has 0 spiro atoms. The smallest absolute Gasteiger partial charge is 0.326 e. The Labute approximate surface area is 126 Å². The first-order chi connectivity index (χ1) is 9.93. The van der Waals surface area contributed by atoms with E-state index in [0.717, 1.165) is 5.56 Å². The van der Waals surface area contributed by atoms with E-state index in [0.29, 0.717) is 6.54 Å². The van der Waals surface area contributed by atoms with Crippen molar-refractivity contribution in [3.8, 4) is 0 Å². The van der Waals surface area contributed by atoms with Crippen molar-refractivity contribution in [3.63, 3.8) is 0 Å². The van der Waals surface area contributed by atoms with Gasteiger partial charge >= 0.3 is 18.0 Å². The zero-order valence-corrected chi connectivity index (χ0v) is 12.7. The van der Waals surface area contributed by atoms with Gasteiger partial charge in [-0.2, -0.15) is 11.3 Å². The van der Waals surface area contributed by atoms with Gasteiger partial charge in [-0.15, -0.1) is 0 Å². The number of hydrogen-bond acceptors (Lipinski definition) is 5. The lowest BCUT2D eigenvalue weighted by Crippen LogP contribution is -2.46. The first-order valence-electron chi connectivity index (χ1n) is 6.26. The average molecular weight is 314 g/mol. The molecule has 0 fully saturated rings. The lowest BCUT2D eigenvalue weighted by molar-refractivity contribution is -0.142. The van der Waals surface area contributed by atoms with Gasteiger partial charge in [0.2, 0.25) is 0 Å². The summed E-state index contributed by atoms with van der Waals surface area (Å²) in [4.78, 5) is 35.4. The largest absolute Gasteiger partial charge is 0.480 e. The number of nitrogens with one attached hydrogen (secondary N) is 1. The third-order valence-electron chi connectivity index (χ3n) is 2.81. The van der Waals surface area contributed by atoms with Crippen LogP contribution in [0.2, 0.25) is 0 Å². The molecule has 21 heavy (non-hydrogen) atoms. The van der Waals surface area contributed by atoms with Crippen molar-refractivity contribution in [2.75, 3.05) is 14.2 Å². The van der Waals surface area contributed by atoms with Crippen molar-refractivity contribution in [3.05, 3.63) is 22.4 Å². The Morgan fingerprint density at radius 2 is 2.19 bits per heavy atom. The normalized spacial score (nSPS) is 11.5. The minimum atomic E-state index is -1.18. The number of thiophene rings is 1. The molecule has 0 saturated heterocycles. The molecule has 1 atom stereocenters. The van der Waals surface area contributed by atoms with Gasteiger partial charge in [-0.1, -0.05) is 0 Å². The zero-order valence-electron chi connectivity index (χ0n) is 11.9. The van der Waals surface area contributed by atoms with Crippen LogP contribution in [0.1, 0.15) is 18.4 Å². The minimum absolute atomic E-state index is 0.0139. The number of urea groups is 1. The lowest BCUT2D eigenvalue weighted by atomic mass is 10.1. The van der Waals surface area contributed by atoms with Crippen LogP contribution in [0.4, 0.5) is 4.79 Å². The summed E-state index contributed by atoms with van der Waals surface area (Å²) in [5, 5.41) is 15.3. The van der Waals surface area contributed by atoms with Crippen LogP contribution in [0.3, 0.4) is 0 Å². The Kier molecular flexibility index (Phi) is 6.67. The Hall–Kier alpha value is -2.09. The van der Waals surface area contributed by atoms with Crippen molar-refractivity contribution >= 4 is 29.3 Å². The molecule has 116 valence electrons. The van der Waals surface area contributed by atoms with E-state index >= 15 is 0 Å². The SMILES string of the molecule is COC(=O)CC[C@@H](NC(=O)N(C)Cc1ccsc1)C(=O)O. The summed E-state index contributed by atoms with van der Waals surface area (Å²) in [5.74, 6) is -1.70. The van der Waals surface area contributed by atoms with Crippen molar-refractivity contribution in [1.82, 2.24) is 10.2 Å². The van der Waals surface area contributed by atoms with Crippen LogP contribution in [0.25, 0.3) is 0 Å². The number of methoxy groups -OCH3 is 1. The molecular weight excluding hydrogens is 296 g/mol. The molecule has 0 bridgehead atoms. The van der Waals surface area contributed by atoms with Gasteiger partial charge in [-0.3, -0.25) is 4.79 Å². The lowest BCUT2D eigenvalue weighted by Gasteiger charge is -2.21. The van der Waals surface area contributed by atoms with Gasteiger partial charge < -0.3 is 20.1 Å². The molecule has 0 saturated carbocycles. The summed E-state index contributed by atoms with van der Waals surface area (Å²) in [6.45, 7) is 0.388. The number of esters is 1. The first-order valence-corrected chi connectivity index (χ1v) is 7.20. The van der Waals surface area contributed by atoms with Crippen molar-refractivity contribution in [1.29, 1.82) is 0 Å². The van der Waals surface area contributed by atoms with Gasteiger partial charge in [0.25, 0.3) is 0 Å². The molecule has 8 heteroatoms. The van der Waals surface area contributed by atoms with Crippen LogP contribution in [-0.2, 0) is 20.9 Å². The maximum absolute atomic E-state index is 11.9. The van der Waals surface area contributed by atoms with Crippen molar-refractivity contribution in [2.24, 2.45) is 0 Å². The molecule has 2 amide bonds. The quantitative estimate of drug-likeness (QED) is 0.739. The number of amides is 2. The molecule has 1 aromatic heterocycles. The summed E-state index contributed by atoms with van der Waals surface area (Å²) in [7, 11) is 2.80. The number of ether oxygens (including phenoxy) is 1. The van der Waals surface area contributed by atoms with E-state index in [-0.39, 0.29) is 12.8 Å². The van der Waals surface area contributed by atoms with Gasteiger partial charge in [-0.25, -0.2) is 9.59 Å². The van der Waals surface area contributed by atoms with Crippen LogP contribution in [0, 0.1) is 0 Å². The van der Waals surface area contributed by atoms with E-state index in [1.165, 1.54) is 23.3 Å². The second-order valence-corrected chi connectivity index (χ2v) is 5.22. The molecule has 7 nitrogen and oxygen atoms in total. The summed E-state index contributed by atoms with van der Waals surface area (Å²) < 4.78 is 4.45. The van der Waals surface area contributed by atoms with E-state index < -0.39 is 24.0 Å². The molecule has 1 heterocycles. The van der Waals surface area contributed by atoms with Gasteiger partial charge in [0.15, 0.2) is 0 Å². The van der Waals surface area contributed by atoms with Crippen LogP contribution >= 0.6 is 11.3 Å². The van der Waals surface area contributed by atoms with E-state index in [9.17, 15) is 14.4 Å². The monoisotopic (exact) mass is 314 g/mol. The molecule has 0 aromatic carbocycles. The number of nitrogens with zero attached hydrogens (tertiary/aromatic N) is 1. The molecule has 1 aromatic rings. The standard InChI is InChI=1S/C13H18N2O5S/c1-15(7-9-5-6-21-8-9)13(19)14-10(12(17)18)3-4-11(16)20-2/h5-6,8,10H,3-4,7H2,1-2H3,(H,14,19)(H,17,18)/t10-/m1/s1. The maximum Gasteiger partial charge on any atom is 0.326 e. The number of carbonyl (C=O) groups excluding carboxylic acids is 2. The first kappa shape index (κ1) is 17.0. The summed E-state index contributed by atoms with van der Waals surface area (Å²) in [5.41, 5.74) is 0.971. The molecule has 0 aliphatic carbocycles. The Morgan fingerprint density at radius 3 is 2.71 bits per heavy atom. The predicted octanol–water partition coefficient (Wildman–Crippen LogP) is 1.30. The third kappa shape index (κ3) is 5.82. The second kappa shape index (κ2) is 8.25. The van der Waals surface area contributed by atoms with Crippen LogP contribution < -0.4 is 5.32 Å². The van der Waals surface area contributed by atoms with E-state index in [1.807, 2.05) is 16.8 Å². The van der Waals surface area contributed by atoms with Crippen molar-refractivity contribution in [2.45, 2.75) is 25.4 Å². The highest BCUT2D eigenvalue weighted by Crippen LogP contribution is 2.09. The fourth-order valence-corrected chi connectivity index (χ4v) is 2.27. The van der Waals surface area contributed by atoms with Gasteiger partial charge in [0.05, 0.1) is 7.11 Å². The average Bonchev–Trinajstić information content (AvgIpc) is 2.95. The summed E-state index contributed by atoms with van der Waals surface area (Å²) in [6.07, 6.45) is -0.0813. The van der Waals surface area contributed by atoms with Crippen LogP contribution in [0.15, 0.2) is 16.8 Å². The van der Waals surface area contributed by atoms with E-state index in [4.69, 9.17) is 5.11 Å². The van der Waals surface area contributed by atoms with E-state index in [1.54, 1.807) is 7.05 Å². The van der Waals surface area contributed by atoms with Crippen LogP contribution in [0.5, 0.6) is 0 Å². The van der Waals surface area contributed by atoms with Crippen LogP contribution in [-0.4, -0.2) is 48.2 Å². The van der Waals surface area contributed by atoms with Gasteiger partial charge in [-0.05, 0) is 28.8 Å². The molecule has 0 unspecified atom stereocenters. The van der Waals surface area contributed by atoms with E-state index in [2.05, 4.69) is 10.1 Å². The molecule has 2 N–H and O–H groups in total. The fraction of sp³-hybridized carbons (Fsp3) is 0.462. The maximum atomic E-state index is 11.9. The second-order valence-electron chi connectivity index (χ2n) is 4.44. The molecule has 0 aliphatic heterocycles. The number of rotatable bonds is 7. The molecule has 1 rings (SSSR count). The fourth-order valence-electron chi connectivity index (χ4n) is 1.61. The highest BCUT2D eigenvalue weighted by atomic mass is 32.1. The Balaban J connectivity index is 2.51. The summed E-state index contributed by atoms with van der Waals surface area (Å²) in [6, 6.07) is 0.264. The topological polar surface area (TPSA) is 95.9 Å². The molecule has 0 radical (unpaired) electrons. The zero-order chi connectivity index (χ0) is 15.8. The predicted molar refractivity (Wildman–Crippen MR) is 77.0 cm³/mol. The highest BCUT2D eigenvalue weighted by Gasteiger charge is 2.22. The van der Waals surface area contributed by atoms with Crippen molar-refractivity contribution < 1.29 is 24.2 Å². The third-order valence-corrected chi connectivity index (χ3v) is 3.54. The molecular formula is C13H18N2O5S. The Morgan fingerprint density at radius 1 is 1.48 bits per heavy atom. The van der Waals surface area contributed by atoms with Gasteiger partial charge in [0.1, 0.15) is 6.04 Å².